The van der Waals surface area contributed by atoms with Gasteiger partial charge in [0.15, 0.2) is 16.6 Å². The number of hydrogen-bond donors (Lipinski definition) is 2. The number of nitrogens with one attached hydrogen (secondary N) is 2. The molecule has 0 bridgehead atoms. The second kappa shape index (κ2) is 10.5. The molecule has 2 N–H and O–H groups in total. The first-order valence-corrected chi connectivity index (χ1v) is 10.7. The van der Waals surface area contributed by atoms with Crippen LogP contribution in [0.5, 0.6) is 17.2 Å². The van der Waals surface area contributed by atoms with Crippen molar-refractivity contribution in [1.82, 2.24) is 10.6 Å². The lowest BCUT2D eigenvalue weighted by atomic mass is 10.1. The third kappa shape index (κ3) is 5.77. The molecular weight excluding hydrogens is 452 g/mol. The fourth-order valence-electron chi connectivity index (χ4n) is 3.01. The third-order valence-corrected chi connectivity index (χ3v) is 5.00. The van der Waals surface area contributed by atoms with Gasteiger partial charge >= 0.3 is 0 Å². The minimum absolute atomic E-state index is 0.0305. The Kier molecular flexibility index (Phi) is 7.71. The first-order valence-electron chi connectivity index (χ1n) is 9.96. The number of amides is 2. The van der Waals surface area contributed by atoms with Gasteiger partial charge in [-0.3, -0.25) is 20.2 Å². The molecule has 3 rings (SSSR count). The molecule has 2 amide bonds. The summed E-state index contributed by atoms with van der Waals surface area (Å²) in [6, 6.07) is 9.24. The lowest BCUT2D eigenvalue weighted by molar-refractivity contribution is -0.123. The standard InChI is InChI=1S/C23H23ClN2O5S/c1-4-29-19-12-15(10-16-21(27)25-23(32)26-22(16)28)11-17(24)20(19)31-8-7-30-18-9-13(2)5-6-14(18)3/h5-6,9-12H,4,7-8H2,1-3H3,(H2,25,26,27,28,32). The van der Waals surface area contributed by atoms with Crippen molar-refractivity contribution in [3.63, 3.8) is 0 Å². The number of halogens is 1. The average Bonchev–Trinajstić information content (AvgIpc) is 2.72. The summed E-state index contributed by atoms with van der Waals surface area (Å²) in [4.78, 5) is 24.2. The molecule has 9 heteroatoms. The topological polar surface area (TPSA) is 85.9 Å². The molecule has 1 aliphatic rings. The molecule has 2 aromatic rings. The quantitative estimate of drug-likeness (QED) is 0.262. The summed E-state index contributed by atoms with van der Waals surface area (Å²) in [5.74, 6) is 0.383. The summed E-state index contributed by atoms with van der Waals surface area (Å²) in [5.41, 5.74) is 2.57. The molecule has 0 saturated carbocycles. The first kappa shape index (κ1) is 23.6. The lowest BCUT2D eigenvalue weighted by Gasteiger charge is -2.17. The maximum atomic E-state index is 12.1. The Bertz CT molecular complexity index is 1080. The van der Waals surface area contributed by atoms with Gasteiger partial charge < -0.3 is 14.2 Å². The van der Waals surface area contributed by atoms with Crippen molar-refractivity contribution >= 4 is 46.8 Å². The maximum Gasteiger partial charge on any atom is 0.263 e. The van der Waals surface area contributed by atoms with Crippen molar-refractivity contribution < 1.29 is 23.8 Å². The third-order valence-electron chi connectivity index (χ3n) is 4.52. The van der Waals surface area contributed by atoms with Crippen LogP contribution < -0.4 is 24.8 Å². The van der Waals surface area contributed by atoms with Crippen molar-refractivity contribution in [1.29, 1.82) is 0 Å². The van der Waals surface area contributed by atoms with Crippen LogP contribution >= 0.6 is 23.8 Å². The van der Waals surface area contributed by atoms with Gasteiger partial charge in [-0.05, 0) is 74.0 Å². The fraction of sp³-hybridized carbons (Fsp3) is 0.261. The largest absolute Gasteiger partial charge is 0.490 e. The van der Waals surface area contributed by atoms with Crippen molar-refractivity contribution in [3.05, 3.63) is 57.6 Å². The molecule has 0 unspecified atom stereocenters. The second-order valence-corrected chi connectivity index (χ2v) is 7.84. The Hall–Kier alpha value is -3.10. The van der Waals surface area contributed by atoms with Gasteiger partial charge in [0, 0.05) is 0 Å². The van der Waals surface area contributed by atoms with Crippen LogP contribution in [0.4, 0.5) is 0 Å². The molecular formula is C23H23ClN2O5S. The molecule has 1 saturated heterocycles. The van der Waals surface area contributed by atoms with E-state index in [1.54, 1.807) is 12.1 Å². The minimum atomic E-state index is -0.586. The SMILES string of the molecule is CCOc1cc(C=C2C(=O)NC(=S)NC2=O)cc(Cl)c1OCCOc1cc(C)ccc1C. The Morgan fingerprint density at radius 3 is 2.34 bits per heavy atom. The van der Waals surface area contributed by atoms with E-state index in [4.69, 9.17) is 38.0 Å². The van der Waals surface area contributed by atoms with Gasteiger partial charge in [0.1, 0.15) is 24.5 Å². The monoisotopic (exact) mass is 474 g/mol. The summed E-state index contributed by atoms with van der Waals surface area (Å²) in [5, 5.41) is 5.03. The van der Waals surface area contributed by atoms with E-state index in [1.165, 1.54) is 6.08 Å². The van der Waals surface area contributed by atoms with Gasteiger partial charge in [-0.1, -0.05) is 23.7 Å². The van der Waals surface area contributed by atoms with E-state index in [0.29, 0.717) is 30.3 Å². The van der Waals surface area contributed by atoms with Gasteiger partial charge in [0.25, 0.3) is 11.8 Å². The van der Waals surface area contributed by atoms with E-state index in [2.05, 4.69) is 10.6 Å². The summed E-state index contributed by atoms with van der Waals surface area (Å²) >= 11 is 11.2. The van der Waals surface area contributed by atoms with Crippen LogP contribution in [0.25, 0.3) is 6.08 Å². The molecule has 7 nitrogen and oxygen atoms in total. The molecule has 0 aliphatic carbocycles. The van der Waals surface area contributed by atoms with Crippen molar-refractivity contribution in [2.75, 3.05) is 19.8 Å². The molecule has 1 heterocycles. The van der Waals surface area contributed by atoms with E-state index in [-0.39, 0.29) is 22.3 Å². The first-order chi connectivity index (χ1) is 15.3. The number of hydrogen-bond acceptors (Lipinski definition) is 6. The van der Waals surface area contributed by atoms with Crippen molar-refractivity contribution in [2.24, 2.45) is 0 Å². The zero-order chi connectivity index (χ0) is 23.3. The molecule has 0 aromatic heterocycles. The Balaban J connectivity index is 1.75. The highest BCUT2D eigenvalue weighted by atomic mass is 35.5. The van der Waals surface area contributed by atoms with Crippen LogP contribution in [0.2, 0.25) is 5.02 Å². The van der Waals surface area contributed by atoms with E-state index in [1.807, 2.05) is 39.0 Å². The molecule has 2 aromatic carbocycles. The zero-order valence-electron chi connectivity index (χ0n) is 17.9. The molecule has 1 fully saturated rings. The van der Waals surface area contributed by atoms with Gasteiger partial charge in [-0.15, -0.1) is 0 Å². The maximum absolute atomic E-state index is 12.1. The van der Waals surface area contributed by atoms with Crippen molar-refractivity contribution in [2.45, 2.75) is 20.8 Å². The van der Waals surface area contributed by atoms with Crippen LogP contribution in [0.15, 0.2) is 35.9 Å². The molecule has 0 spiro atoms. The number of thiocarbonyl (C=S) groups is 1. The van der Waals surface area contributed by atoms with Crippen LogP contribution in [-0.2, 0) is 9.59 Å². The Labute approximate surface area is 196 Å². The highest BCUT2D eigenvalue weighted by Crippen LogP contribution is 2.37. The number of benzene rings is 2. The average molecular weight is 475 g/mol. The van der Waals surface area contributed by atoms with Crippen molar-refractivity contribution in [3.8, 4) is 17.2 Å². The number of aryl methyl sites for hydroxylation is 2. The molecule has 0 radical (unpaired) electrons. The van der Waals surface area contributed by atoms with Gasteiger partial charge in [-0.25, -0.2) is 0 Å². The van der Waals surface area contributed by atoms with Gasteiger partial charge in [0.2, 0.25) is 0 Å². The Morgan fingerprint density at radius 1 is 0.969 bits per heavy atom. The highest BCUT2D eigenvalue weighted by Gasteiger charge is 2.26. The van der Waals surface area contributed by atoms with E-state index in [0.717, 1.165) is 16.9 Å². The number of carbonyl (C=O) groups excluding carboxylic acids is 2. The number of ether oxygens (including phenoxy) is 3. The second-order valence-electron chi connectivity index (χ2n) is 7.02. The predicted molar refractivity (Wildman–Crippen MR) is 126 cm³/mol. The van der Waals surface area contributed by atoms with Crippen LogP contribution in [0.3, 0.4) is 0 Å². The fourth-order valence-corrected chi connectivity index (χ4v) is 3.46. The highest BCUT2D eigenvalue weighted by molar-refractivity contribution is 7.80. The molecule has 0 atom stereocenters. The summed E-state index contributed by atoms with van der Waals surface area (Å²) in [6.45, 7) is 6.75. The van der Waals surface area contributed by atoms with E-state index in [9.17, 15) is 9.59 Å². The number of carbonyl (C=O) groups is 2. The van der Waals surface area contributed by atoms with Gasteiger partial charge in [-0.2, -0.15) is 0 Å². The van der Waals surface area contributed by atoms with Crippen LogP contribution in [-0.4, -0.2) is 36.7 Å². The lowest BCUT2D eigenvalue weighted by Crippen LogP contribution is -2.51. The van der Waals surface area contributed by atoms with Gasteiger partial charge in [0.05, 0.1) is 11.6 Å². The van der Waals surface area contributed by atoms with Crippen LogP contribution in [0, 0.1) is 13.8 Å². The Morgan fingerprint density at radius 2 is 1.66 bits per heavy atom. The smallest absolute Gasteiger partial charge is 0.263 e. The normalized spacial score (nSPS) is 13.4. The van der Waals surface area contributed by atoms with E-state index >= 15 is 0 Å². The summed E-state index contributed by atoms with van der Waals surface area (Å²) < 4.78 is 17.3. The summed E-state index contributed by atoms with van der Waals surface area (Å²) in [7, 11) is 0. The van der Waals surface area contributed by atoms with Crippen LogP contribution in [0.1, 0.15) is 23.6 Å². The zero-order valence-corrected chi connectivity index (χ0v) is 19.5. The minimum Gasteiger partial charge on any atom is -0.490 e. The number of rotatable bonds is 8. The summed E-state index contributed by atoms with van der Waals surface area (Å²) in [6.07, 6.45) is 1.41. The molecule has 168 valence electrons. The molecule has 1 aliphatic heterocycles. The predicted octanol–water partition coefficient (Wildman–Crippen LogP) is 3.73. The van der Waals surface area contributed by atoms with E-state index < -0.39 is 11.8 Å². The molecule has 32 heavy (non-hydrogen) atoms.